The maximum atomic E-state index is 12.8. The van der Waals surface area contributed by atoms with Crippen LogP contribution in [0, 0.1) is 5.41 Å². The van der Waals surface area contributed by atoms with Crippen LogP contribution in [0.25, 0.3) is 0 Å². The summed E-state index contributed by atoms with van der Waals surface area (Å²) in [5, 5.41) is 0.0321. The average Bonchev–Trinajstić information content (AvgIpc) is 2.45. The lowest BCUT2D eigenvalue weighted by molar-refractivity contribution is -0.179. The Balaban J connectivity index is 2.11. The van der Waals surface area contributed by atoms with E-state index in [4.69, 9.17) is 14.9 Å². The highest BCUT2D eigenvalue weighted by Crippen LogP contribution is 2.43. The van der Waals surface area contributed by atoms with E-state index in [2.05, 4.69) is 33.9 Å². The summed E-state index contributed by atoms with van der Waals surface area (Å²) in [6.45, 7) is 14.4. The molecule has 0 unspecified atom stereocenters. The zero-order chi connectivity index (χ0) is 18.3. The van der Waals surface area contributed by atoms with Gasteiger partial charge in [-0.2, -0.15) is 0 Å². The van der Waals surface area contributed by atoms with Crippen molar-refractivity contribution < 1.29 is 18.8 Å². The predicted molar refractivity (Wildman–Crippen MR) is 94.9 cm³/mol. The van der Waals surface area contributed by atoms with Crippen molar-refractivity contribution in [1.29, 1.82) is 0 Å². The number of ether oxygens (including phenoxy) is 1. The van der Waals surface area contributed by atoms with Gasteiger partial charge in [-0.3, -0.25) is 9.59 Å². The molecular weight excluding hydrogens is 324 g/mol. The quantitative estimate of drug-likeness (QED) is 0.602. The molecule has 2 amide bonds. The van der Waals surface area contributed by atoms with Crippen LogP contribution < -0.4 is 5.73 Å². The Morgan fingerprint density at radius 2 is 1.88 bits per heavy atom. The summed E-state index contributed by atoms with van der Waals surface area (Å²) >= 11 is 0. The van der Waals surface area contributed by atoms with Crippen molar-refractivity contribution in [3.05, 3.63) is 0 Å². The Bertz CT molecular complexity index is 509. The molecule has 0 aliphatic carbocycles. The first kappa shape index (κ1) is 19.4. The van der Waals surface area contributed by atoms with Crippen LogP contribution in [-0.4, -0.2) is 56.9 Å². The molecular formula is C17H32N2O4Si. The number of β-lactam (4-membered cyclic amide) rings is 1. The number of rotatable bonds is 5. The van der Waals surface area contributed by atoms with Crippen molar-refractivity contribution in [2.75, 3.05) is 19.8 Å². The number of hydrogen-bond donors (Lipinski definition) is 1. The predicted octanol–water partition coefficient (Wildman–Crippen LogP) is 1.89. The van der Waals surface area contributed by atoms with Gasteiger partial charge < -0.3 is 19.8 Å². The molecule has 0 bridgehead atoms. The summed E-state index contributed by atoms with van der Waals surface area (Å²) in [5.41, 5.74) is 5.29. The highest BCUT2D eigenvalue weighted by atomic mass is 28.4. The molecule has 2 aliphatic rings. The van der Waals surface area contributed by atoms with Gasteiger partial charge in [-0.25, -0.2) is 0 Å². The normalized spacial score (nSPS) is 23.8. The van der Waals surface area contributed by atoms with Crippen LogP contribution in [0.5, 0.6) is 0 Å². The van der Waals surface area contributed by atoms with Crippen LogP contribution in [0.15, 0.2) is 0 Å². The van der Waals surface area contributed by atoms with Gasteiger partial charge in [0.2, 0.25) is 11.8 Å². The molecule has 2 fully saturated rings. The first-order valence-corrected chi connectivity index (χ1v) is 11.7. The van der Waals surface area contributed by atoms with Crippen molar-refractivity contribution in [2.24, 2.45) is 11.1 Å². The maximum Gasteiger partial charge on any atom is 0.242 e. The first-order valence-electron chi connectivity index (χ1n) is 8.77. The van der Waals surface area contributed by atoms with Gasteiger partial charge in [0.15, 0.2) is 8.32 Å². The largest absolute Gasteiger partial charge is 0.412 e. The summed E-state index contributed by atoms with van der Waals surface area (Å²) in [4.78, 5) is 26.5. The van der Waals surface area contributed by atoms with Crippen molar-refractivity contribution in [3.63, 3.8) is 0 Å². The van der Waals surface area contributed by atoms with E-state index in [1.54, 1.807) is 4.90 Å². The van der Waals surface area contributed by atoms with Crippen LogP contribution in [-0.2, 0) is 18.8 Å². The molecule has 0 aromatic heterocycles. The van der Waals surface area contributed by atoms with Gasteiger partial charge in [0, 0.05) is 19.8 Å². The zero-order valence-corrected chi connectivity index (χ0v) is 16.8. The maximum absolute atomic E-state index is 12.8. The minimum Gasteiger partial charge on any atom is -0.412 e. The highest BCUT2D eigenvalue weighted by Gasteiger charge is 2.56. The number of likely N-dealkylation sites (tertiary alicyclic amines) is 1. The van der Waals surface area contributed by atoms with Gasteiger partial charge in [-0.1, -0.05) is 20.8 Å². The molecule has 2 heterocycles. The van der Waals surface area contributed by atoms with Gasteiger partial charge >= 0.3 is 0 Å². The van der Waals surface area contributed by atoms with Gasteiger partial charge in [-0.05, 0) is 37.9 Å². The minimum atomic E-state index is -2.05. The summed E-state index contributed by atoms with van der Waals surface area (Å²) in [7, 11) is -2.05. The molecule has 2 N–H and O–H groups in total. The summed E-state index contributed by atoms with van der Waals surface area (Å²) in [6.07, 6.45) is 1.06. The number of primary amides is 1. The molecule has 2 rings (SSSR count). The molecule has 2 saturated heterocycles. The molecule has 0 aromatic rings. The third kappa shape index (κ3) is 3.39. The molecule has 6 nitrogen and oxygen atoms in total. The van der Waals surface area contributed by atoms with Gasteiger partial charge in [0.05, 0.1) is 11.5 Å². The van der Waals surface area contributed by atoms with E-state index >= 15 is 0 Å². The minimum absolute atomic E-state index is 0.0280. The topological polar surface area (TPSA) is 81.9 Å². The summed E-state index contributed by atoms with van der Waals surface area (Å²) in [5.74, 6) is -0.461. The SMILES string of the molecule is C[C@@H](O[Si](C)(C)C(C)(C)C)[C@@H](C(N)=O)N1CC2(CCOCC2)C1=O. The fourth-order valence-electron chi connectivity index (χ4n) is 3.38. The lowest BCUT2D eigenvalue weighted by Gasteiger charge is -2.54. The van der Waals surface area contributed by atoms with Gasteiger partial charge in [0.1, 0.15) is 6.04 Å². The fourth-order valence-corrected chi connectivity index (χ4v) is 4.79. The van der Waals surface area contributed by atoms with Crippen molar-refractivity contribution >= 4 is 20.1 Å². The summed E-state index contributed by atoms with van der Waals surface area (Å²) in [6, 6.07) is -0.694. The lowest BCUT2D eigenvalue weighted by atomic mass is 9.71. The van der Waals surface area contributed by atoms with Crippen LogP contribution in [0.1, 0.15) is 40.5 Å². The van der Waals surface area contributed by atoms with E-state index in [9.17, 15) is 9.59 Å². The number of nitrogens with zero attached hydrogens (tertiary/aromatic N) is 1. The lowest BCUT2D eigenvalue weighted by Crippen LogP contribution is -2.70. The number of carbonyl (C=O) groups is 2. The van der Waals surface area contributed by atoms with Crippen LogP contribution >= 0.6 is 0 Å². The third-order valence-electron chi connectivity index (χ3n) is 6.00. The van der Waals surface area contributed by atoms with E-state index in [1.807, 2.05) is 6.92 Å². The second-order valence-corrected chi connectivity index (χ2v) is 13.5. The molecule has 2 aliphatic heterocycles. The van der Waals surface area contributed by atoms with E-state index in [-0.39, 0.29) is 16.4 Å². The Morgan fingerprint density at radius 1 is 1.33 bits per heavy atom. The molecule has 0 aromatic carbocycles. The second kappa shape index (κ2) is 6.42. The molecule has 2 atom stereocenters. The Hall–Kier alpha value is -0.923. The second-order valence-electron chi connectivity index (χ2n) is 8.76. The molecule has 138 valence electrons. The third-order valence-corrected chi connectivity index (χ3v) is 10.6. The fraction of sp³-hybridized carbons (Fsp3) is 0.882. The Labute approximate surface area is 146 Å². The molecule has 7 heteroatoms. The van der Waals surface area contributed by atoms with Gasteiger partial charge in [-0.15, -0.1) is 0 Å². The average molecular weight is 357 g/mol. The van der Waals surface area contributed by atoms with Crippen LogP contribution in [0.3, 0.4) is 0 Å². The van der Waals surface area contributed by atoms with Gasteiger partial charge in [0.25, 0.3) is 0 Å². The number of hydrogen-bond acceptors (Lipinski definition) is 4. The monoisotopic (exact) mass is 356 g/mol. The van der Waals surface area contributed by atoms with Crippen molar-refractivity contribution in [2.45, 2.75) is 70.8 Å². The molecule has 1 spiro atoms. The number of amides is 2. The van der Waals surface area contributed by atoms with Crippen molar-refractivity contribution in [3.8, 4) is 0 Å². The van der Waals surface area contributed by atoms with E-state index < -0.39 is 26.4 Å². The highest BCUT2D eigenvalue weighted by molar-refractivity contribution is 6.74. The van der Waals surface area contributed by atoms with E-state index in [0.29, 0.717) is 19.8 Å². The van der Waals surface area contributed by atoms with Crippen molar-refractivity contribution in [1.82, 2.24) is 4.90 Å². The molecule has 24 heavy (non-hydrogen) atoms. The molecule has 0 saturated carbocycles. The Kier molecular flexibility index (Phi) is 5.19. The summed E-state index contributed by atoms with van der Waals surface area (Å²) < 4.78 is 11.7. The van der Waals surface area contributed by atoms with Crippen LogP contribution in [0.2, 0.25) is 18.1 Å². The van der Waals surface area contributed by atoms with E-state index in [0.717, 1.165) is 12.8 Å². The molecule has 0 radical (unpaired) electrons. The number of nitrogens with two attached hydrogens (primary N) is 1. The zero-order valence-electron chi connectivity index (χ0n) is 15.8. The van der Waals surface area contributed by atoms with E-state index in [1.165, 1.54) is 0 Å². The standard InChI is InChI=1S/C17H32N2O4Si/c1-12(23-24(5,6)16(2,3)4)13(14(18)20)19-11-17(15(19)21)7-9-22-10-8-17/h12-13H,7-11H2,1-6H3,(H2,18,20)/t12-,13+/m1/s1. The smallest absolute Gasteiger partial charge is 0.242 e. The van der Waals surface area contributed by atoms with Crippen LogP contribution in [0.4, 0.5) is 0 Å². The number of carbonyl (C=O) groups excluding carboxylic acids is 2. The Morgan fingerprint density at radius 3 is 2.29 bits per heavy atom. The first-order chi connectivity index (χ1) is 10.9.